The van der Waals surface area contributed by atoms with E-state index in [2.05, 4.69) is 30.9 Å². The second-order valence-electron chi connectivity index (χ2n) is 8.52. The van der Waals surface area contributed by atoms with E-state index >= 15 is 0 Å². The first kappa shape index (κ1) is 27.2. The fourth-order valence-electron chi connectivity index (χ4n) is 3.48. The molecule has 0 radical (unpaired) electrons. The molecule has 1 unspecified atom stereocenters. The summed E-state index contributed by atoms with van der Waals surface area (Å²) in [6.07, 6.45) is 9.07. The molecule has 0 N–H and O–H groups in total. The number of ketones is 1. The van der Waals surface area contributed by atoms with Crippen LogP contribution in [-0.4, -0.2) is 24.5 Å². The molecule has 0 aliphatic rings. The van der Waals surface area contributed by atoms with Gasteiger partial charge in [0.2, 0.25) is 5.78 Å². The summed E-state index contributed by atoms with van der Waals surface area (Å²) in [6, 6.07) is 15.6. The Balaban J connectivity index is 1.73. The number of Topliss-reactive ketones (excluding diaryl/α,β-unsaturated/α-hetero) is 1. The molecule has 2 rings (SSSR count). The average Bonchev–Trinajstić information content (AvgIpc) is 2.86. The van der Waals surface area contributed by atoms with E-state index in [0.29, 0.717) is 12.0 Å². The molecule has 0 heterocycles. The lowest BCUT2D eigenvalue weighted by Gasteiger charge is -2.10. The molecule has 0 aliphatic heterocycles. The molecule has 2 aromatic rings. The number of hydrogen-bond acceptors (Lipinski definition) is 4. The first-order valence-electron chi connectivity index (χ1n) is 12.6. The van der Waals surface area contributed by atoms with Crippen LogP contribution in [0, 0.1) is 11.8 Å². The monoisotopic (exact) mass is 462 g/mol. The highest BCUT2D eigenvalue weighted by molar-refractivity contribution is 6.01. The van der Waals surface area contributed by atoms with Crippen molar-refractivity contribution in [2.24, 2.45) is 0 Å². The minimum absolute atomic E-state index is 0.384. The Morgan fingerprint density at radius 1 is 0.824 bits per heavy atom. The number of rotatable bonds is 14. The summed E-state index contributed by atoms with van der Waals surface area (Å²) in [4.78, 5) is 24.1. The molecule has 0 fully saturated rings. The van der Waals surface area contributed by atoms with Crippen LogP contribution in [0.2, 0.25) is 0 Å². The van der Waals surface area contributed by atoms with E-state index in [9.17, 15) is 9.59 Å². The predicted octanol–water partition coefficient (Wildman–Crippen LogP) is 6.74. The van der Waals surface area contributed by atoms with E-state index in [1.165, 1.54) is 37.7 Å². The number of esters is 1. The van der Waals surface area contributed by atoms with Gasteiger partial charge in [-0.05, 0) is 67.5 Å². The van der Waals surface area contributed by atoms with Gasteiger partial charge in [0.05, 0.1) is 12.2 Å². The van der Waals surface area contributed by atoms with Gasteiger partial charge in [0, 0.05) is 6.42 Å². The Labute approximate surface area is 205 Å². The SMILES string of the molecule is CCC#CC(=O)C(C)OC(=O)c1ccc(CCc2ccc(OCCCCCCCC)cc2)cc1. The van der Waals surface area contributed by atoms with Crippen LogP contribution in [-0.2, 0) is 22.4 Å². The number of carbonyl (C=O) groups is 2. The minimum Gasteiger partial charge on any atom is -0.494 e. The van der Waals surface area contributed by atoms with E-state index in [-0.39, 0.29) is 5.78 Å². The average molecular weight is 463 g/mol. The summed E-state index contributed by atoms with van der Waals surface area (Å²) < 4.78 is 11.1. The fraction of sp³-hybridized carbons (Fsp3) is 0.467. The Hall–Kier alpha value is -3.06. The first-order chi connectivity index (χ1) is 16.5. The van der Waals surface area contributed by atoms with Crippen LogP contribution in [0.5, 0.6) is 5.75 Å². The van der Waals surface area contributed by atoms with Gasteiger partial charge in [0.25, 0.3) is 0 Å². The molecule has 4 heteroatoms. The third kappa shape index (κ3) is 10.3. The van der Waals surface area contributed by atoms with Gasteiger partial charge in [0.1, 0.15) is 5.75 Å². The van der Waals surface area contributed by atoms with Gasteiger partial charge < -0.3 is 9.47 Å². The van der Waals surface area contributed by atoms with Crippen molar-refractivity contribution in [3.8, 4) is 17.6 Å². The molecular weight excluding hydrogens is 424 g/mol. The van der Waals surface area contributed by atoms with Gasteiger partial charge in [-0.25, -0.2) is 4.79 Å². The summed E-state index contributed by atoms with van der Waals surface area (Å²) in [5.74, 6) is 5.21. The molecule has 2 aromatic carbocycles. The van der Waals surface area contributed by atoms with Crippen LogP contribution >= 0.6 is 0 Å². The Morgan fingerprint density at radius 3 is 2.03 bits per heavy atom. The zero-order valence-electron chi connectivity index (χ0n) is 20.9. The van der Waals surface area contributed by atoms with Crippen molar-refractivity contribution in [1.29, 1.82) is 0 Å². The predicted molar refractivity (Wildman–Crippen MR) is 137 cm³/mol. The molecule has 0 bridgehead atoms. The van der Waals surface area contributed by atoms with E-state index in [1.54, 1.807) is 19.1 Å². The highest BCUT2D eigenvalue weighted by atomic mass is 16.5. The summed E-state index contributed by atoms with van der Waals surface area (Å²) >= 11 is 0. The standard InChI is InChI=1S/C30H38O4/c1-4-6-8-9-10-11-23-33-28-21-17-26(18-22-28)14-13-25-15-19-27(20-16-25)30(32)34-24(3)29(31)12-7-5-2/h15-22,24H,4-6,8-11,13-14,23H2,1-3H3. The Morgan fingerprint density at radius 2 is 1.41 bits per heavy atom. The van der Waals surface area contributed by atoms with E-state index in [1.807, 2.05) is 31.2 Å². The van der Waals surface area contributed by atoms with E-state index in [4.69, 9.17) is 9.47 Å². The number of ether oxygens (including phenoxy) is 2. The lowest BCUT2D eigenvalue weighted by molar-refractivity contribution is -0.121. The van der Waals surface area contributed by atoms with Crippen molar-refractivity contribution in [1.82, 2.24) is 0 Å². The Bertz CT molecular complexity index is 933. The van der Waals surface area contributed by atoms with Gasteiger partial charge in [-0.3, -0.25) is 4.79 Å². The van der Waals surface area contributed by atoms with Crippen LogP contribution in [0.3, 0.4) is 0 Å². The lowest BCUT2D eigenvalue weighted by Crippen LogP contribution is -2.23. The zero-order chi connectivity index (χ0) is 24.6. The number of benzene rings is 2. The summed E-state index contributed by atoms with van der Waals surface area (Å²) in [7, 11) is 0. The second kappa shape index (κ2) is 15.7. The van der Waals surface area contributed by atoms with Crippen molar-refractivity contribution < 1.29 is 19.1 Å². The molecule has 34 heavy (non-hydrogen) atoms. The van der Waals surface area contributed by atoms with Gasteiger partial charge >= 0.3 is 5.97 Å². The summed E-state index contributed by atoms with van der Waals surface area (Å²) in [6.45, 7) is 6.42. The van der Waals surface area contributed by atoms with Crippen molar-refractivity contribution in [3.05, 3.63) is 65.2 Å². The van der Waals surface area contributed by atoms with Crippen LogP contribution in [0.1, 0.15) is 87.2 Å². The molecule has 0 saturated carbocycles. The third-order valence-electron chi connectivity index (χ3n) is 5.62. The summed E-state index contributed by atoms with van der Waals surface area (Å²) in [5.41, 5.74) is 2.81. The lowest BCUT2D eigenvalue weighted by atomic mass is 10.0. The highest BCUT2D eigenvalue weighted by Gasteiger charge is 2.17. The maximum Gasteiger partial charge on any atom is 0.338 e. The number of hydrogen-bond donors (Lipinski definition) is 0. The van der Waals surface area contributed by atoms with Gasteiger partial charge in [0.15, 0.2) is 6.10 Å². The Kier molecular flexibility index (Phi) is 12.6. The van der Waals surface area contributed by atoms with Gasteiger partial charge in [-0.2, -0.15) is 0 Å². The maximum atomic E-state index is 12.3. The fourth-order valence-corrected chi connectivity index (χ4v) is 3.48. The number of unbranched alkanes of at least 4 members (excludes halogenated alkanes) is 5. The van der Waals surface area contributed by atoms with Crippen LogP contribution in [0.25, 0.3) is 0 Å². The topological polar surface area (TPSA) is 52.6 Å². The molecule has 0 spiro atoms. The highest BCUT2D eigenvalue weighted by Crippen LogP contribution is 2.16. The first-order valence-corrected chi connectivity index (χ1v) is 12.6. The van der Waals surface area contributed by atoms with Crippen molar-refractivity contribution >= 4 is 11.8 Å². The third-order valence-corrected chi connectivity index (χ3v) is 5.62. The molecular formula is C30H38O4. The van der Waals surface area contributed by atoms with E-state index in [0.717, 1.165) is 37.2 Å². The van der Waals surface area contributed by atoms with Crippen LogP contribution < -0.4 is 4.74 Å². The minimum atomic E-state index is -0.871. The van der Waals surface area contributed by atoms with Crippen molar-refractivity contribution in [3.63, 3.8) is 0 Å². The quantitative estimate of drug-likeness (QED) is 0.135. The smallest absolute Gasteiger partial charge is 0.338 e. The second-order valence-corrected chi connectivity index (χ2v) is 8.52. The van der Waals surface area contributed by atoms with Gasteiger partial charge in [-0.1, -0.05) is 76.1 Å². The molecule has 0 aliphatic carbocycles. The molecule has 4 nitrogen and oxygen atoms in total. The largest absolute Gasteiger partial charge is 0.494 e. The molecule has 0 aromatic heterocycles. The van der Waals surface area contributed by atoms with Crippen LogP contribution in [0.15, 0.2) is 48.5 Å². The number of aryl methyl sites for hydroxylation is 2. The zero-order valence-corrected chi connectivity index (χ0v) is 20.9. The molecule has 1 atom stereocenters. The van der Waals surface area contributed by atoms with E-state index < -0.39 is 12.1 Å². The van der Waals surface area contributed by atoms with Crippen molar-refractivity contribution in [2.45, 2.75) is 84.7 Å². The normalized spacial score (nSPS) is 11.3. The summed E-state index contributed by atoms with van der Waals surface area (Å²) in [5, 5.41) is 0. The van der Waals surface area contributed by atoms with Crippen molar-refractivity contribution in [2.75, 3.05) is 6.61 Å². The van der Waals surface area contributed by atoms with Gasteiger partial charge in [-0.15, -0.1) is 0 Å². The molecule has 182 valence electrons. The van der Waals surface area contributed by atoms with Crippen LogP contribution in [0.4, 0.5) is 0 Å². The molecule has 0 amide bonds. The maximum absolute atomic E-state index is 12.3. The molecule has 0 saturated heterocycles. The number of carbonyl (C=O) groups excluding carboxylic acids is 2.